The lowest BCUT2D eigenvalue weighted by Crippen LogP contribution is -2.40. The second kappa shape index (κ2) is 11.5. The molecule has 2 aromatic carbocycles. The first-order valence-corrected chi connectivity index (χ1v) is 16.8. The van der Waals surface area contributed by atoms with Gasteiger partial charge in [-0.25, -0.2) is 0 Å². The van der Waals surface area contributed by atoms with Crippen LogP contribution >= 0.6 is 31.9 Å². The molecular formula is C36H42Br2O4. The average molecular weight is 699 g/mol. The molecular weight excluding hydrogens is 656 g/mol. The maximum atomic E-state index is 12.7. The van der Waals surface area contributed by atoms with E-state index >= 15 is 0 Å². The summed E-state index contributed by atoms with van der Waals surface area (Å²) in [5, 5.41) is 0. The molecule has 0 amide bonds. The van der Waals surface area contributed by atoms with Gasteiger partial charge in [0.25, 0.3) is 0 Å². The fourth-order valence-corrected chi connectivity index (χ4v) is 9.38. The molecule has 2 aromatic rings. The molecule has 224 valence electrons. The van der Waals surface area contributed by atoms with Crippen LogP contribution in [0.25, 0.3) is 0 Å². The molecule has 0 bridgehead atoms. The van der Waals surface area contributed by atoms with Crippen molar-refractivity contribution in [2.45, 2.75) is 104 Å². The summed E-state index contributed by atoms with van der Waals surface area (Å²) in [6.07, 6.45) is 6.72. The van der Waals surface area contributed by atoms with E-state index in [0.29, 0.717) is 50.1 Å². The van der Waals surface area contributed by atoms with Crippen LogP contribution in [0.3, 0.4) is 0 Å². The summed E-state index contributed by atoms with van der Waals surface area (Å²) in [7, 11) is 0. The van der Waals surface area contributed by atoms with Gasteiger partial charge < -0.3 is 0 Å². The number of hydrogen-bond donors (Lipinski definition) is 0. The smallest absolute Gasteiger partial charge is 0.140 e. The van der Waals surface area contributed by atoms with E-state index in [4.69, 9.17) is 0 Å². The molecule has 4 nitrogen and oxygen atoms in total. The van der Waals surface area contributed by atoms with Gasteiger partial charge in [0.2, 0.25) is 0 Å². The monoisotopic (exact) mass is 696 g/mol. The highest BCUT2D eigenvalue weighted by Crippen LogP contribution is 2.56. The van der Waals surface area contributed by atoms with Gasteiger partial charge in [0, 0.05) is 58.3 Å². The molecule has 2 spiro atoms. The highest BCUT2D eigenvalue weighted by molar-refractivity contribution is 9.10. The van der Waals surface area contributed by atoms with Crippen molar-refractivity contribution in [1.82, 2.24) is 0 Å². The Bertz CT molecular complexity index is 1280. The first kappa shape index (κ1) is 31.5. The molecule has 42 heavy (non-hydrogen) atoms. The normalized spacial score (nSPS) is 31.9. The third kappa shape index (κ3) is 6.75. The summed E-state index contributed by atoms with van der Waals surface area (Å²) < 4.78 is 2.11. The third-order valence-corrected chi connectivity index (χ3v) is 11.1. The van der Waals surface area contributed by atoms with Crippen LogP contribution in [0.1, 0.15) is 115 Å². The fourth-order valence-electron chi connectivity index (χ4n) is 8.85. The molecule has 0 radical (unpaired) electrons. The van der Waals surface area contributed by atoms with Crippen LogP contribution in [0.5, 0.6) is 0 Å². The van der Waals surface area contributed by atoms with Crippen LogP contribution in [-0.2, 0) is 19.2 Å². The lowest BCUT2D eigenvalue weighted by Gasteiger charge is -2.41. The molecule has 4 aliphatic rings. The van der Waals surface area contributed by atoms with E-state index in [1.54, 1.807) is 0 Å². The van der Waals surface area contributed by atoms with Crippen molar-refractivity contribution < 1.29 is 19.2 Å². The van der Waals surface area contributed by atoms with Gasteiger partial charge in [-0.05, 0) is 83.7 Å². The van der Waals surface area contributed by atoms with Crippen LogP contribution in [-0.4, -0.2) is 23.1 Å². The molecule has 4 fully saturated rings. The molecule has 0 aliphatic heterocycles. The van der Waals surface area contributed by atoms with Crippen molar-refractivity contribution in [3.8, 4) is 0 Å². The fraction of sp³-hybridized carbons (Fsp3) is 0.556. The van der Waals surface area contributed by atoms with Crippen LogP contribution in [0, 0.1) is 21.7 Å². The average Bonchev–Trinajstić information content (AvgIpc) is 3.33. The van der Waals surface area contributed by atoms with Gasteiger partial charge in [0.15, 0.2) is 0 Å². The number of hydrogen-bond acceptors (Lipinski definition) is 4. The molecule has 0 N–H and O–H groups in total. The Morgan fingerprint density at radius 1 is 0.548 bits per heavy atom. The summed E-state index contributed by atoms with van der Waals surface area (Å²) >= 11 is 6.89. The minimum Gasteiger partial charge on any atom is -0.300 e. The van der Waals surface area contributed by atoms with E-state index < -0.39 is 10.8 Å². The summed E-state index contributed by atoms with van der Waals surface area (Å²) in [6, 6.07) is 16.5. The predicted octanol–water partition coefficient (Wildman–Crippen LogP) is 9.32. The first-order chi connectivity index (χ1) is 19.6. The topological polar surface area (TPSA) is 68.3 Å². The molecule has 0 unspecified atom stereocenters. The molecule has 0 aromatic heterocycles. The van der Waals surface area contributed by atoms with Crippen LogP contribution in [0.4, 0.5) is 0 Å². The molecule has 6 rings (SSSR count). The summed E-state index contributed by atoms with van der Waals surface area (Å²) in [5.74, 6) is 1.67. The Labute approximate surface area is 267 Å². The predicted molar refractivity (Wildman–Crippen MR) is 172 cm³/mol. The van der Waals surface area contributed by atoms with Crippen molar-refractivity contribution in [3.63, 3.8) is 0 Å². The van der Waals surface area contributed by atoms with Crippen molar-refractivity contribution in [3.05, 3.63) is 68.6 Å². The summed E-state index contributed by atoms with van der Waals surface area (Å²) in [4.78, 5) is 49.6. The van der Waals surface area contributed by atoms with E-state index in [2.05, 4.69) is 83.8 Å². The molecule has 0 saturated heterocycles. The van der Waals surface area contributed by atoms with Gasteiger partial charge in [-0.3, -0.25) is 19.2 Å². The Morgan fingerprint density at radius 3 is 1.19 bits per heavy atom. The third-order valence-electron chi connectivity index (χ3n) is 10.1. The van der Waals surface area contributed by atoms with Crippen molar-refractivity contribution in [2.75, 3.05) is 0 Å². The zero-order valence-corrected chi connectivity index (χ0v) is 28.4. The second-order valence-corrected chi connectivity index (χ2v) is 17.0. The number of benzene rings is 2. The van der Waals surface area contributed by atoms with Gasteiger partial charge in [0.05, 0.1) is 0 Å². The van der Waals surface area contributed by atoms with Crippen molar-refractivity contribution in [1.29, 1.82) is 0 Å². The molecule has 4 aliphatic carbocycles. The second-order valence-electron chi connectivity index (χ2n) is 15.2. The highest BCUT2D eigenvalue weighted by atomic mass is 79.9. The van der Waals surface area contributed by atoms with Gasteiger partial charge in [-0.15, -0.1) is 0 Å². The highest BCUT2D eigenvalue weighted by Gasteiger charge is 2.54. The molecule has 6 heteroatoms. The lowest BCUT2D eigenvalue weighted by molar-refractivity contribution is -0.138. The number of carbonyl (C=O) groups excluding carboxylic acids is 4. The van der Waals surface area contributed by atoms with E-state index in [1.165, 1.54) is 11.1 Å². The van der Waals surface area contributed by atoms with Crippen molar-refractivity contribution >= 4 is 55.0 Å². The Hall–Kier alpha value is -1.92. The molecule has 4 saturated carbocycles. The maximum Gasteiger partial charge on any atom is 0.140 e. The Balaban J connectivity index is 0.000000168. The lowest BCUT2D eigenvalue weighted by atomic mass is 9.61. The minimum atomic E-state index is -0.392. The number of halogens is 2. The zero-order chi connectivity index (χ0) is 30.5. The summed E-state index contributed by atoms with van der Waals surface area (Å²) in [5.41, 5.74) is 1.57. The molecule has 0 heterocycles. The van der Waals surface area contributed by atoms with E-state index in [-0.39, 0.29) is 34.2 Å². The Morgan fingerprint density at radius 2 is 0.881 bits per heavy atom. The summed E-state index contributed by atoms with van der Waals surface area (Å²) in [6.45, 7) is 8.47. The zero-order valence-electron chi connectivity index (χ0n) is 25.2. The number of Topliss-reactive ketones (excluding diaryl/α,β-unsaturated/α-hetero) is 4. The van der Waals surface area contributed by atoms with Gasteiger partial charge in [-0.2, -0.15) is 0 Å². The maximum absolute atomic E-state index is 12.7. The van der Waals surface area contributed by atoms with Gasteiger partial charge >= 0.3 is 0 Å². The largest absolute Gasteiger partial charge is 0.300 e. The number of carbonyl (C=O) groups is 4. The van der Waals surface area contributed by atoms with E-state index in [9.17, 15) is 19.2 Å². The van der Waals surface area contributed by atoms with Gasteiger partial charge in [0.1, 0.15) is 23.1 Å². The quantitative estimate of drug-likeness (QED) is 0.314. The molecule has 4 atom stereocenters. The van der Waals surface area contributed by atoms with Crippen LogP contribution in [0.2, 0.25) is 0 Å². The standard InChI is InChI=1S/2C18H21BrO2/c2*1-17(2)9-15(20)10-18(11-17)8-13(7-16(18)21)12-3-5-14(19)6-4-12/h2*3-6,13H,7-11H2,1-2H3/t2*13-,18-/m11/s1. The number of ketones is 4. The SMILES string of the molecule is CC1(C)CC(=O)C[C@]2(C[C@H](c3ccc(Br)cc3)CC2=O)C1.CC1(C)CC(=O)C[C@]2(C[C@H](c3ccc(Br)cc3)CC2=O)C1. The van der Waals surface area contributed by atoms with E-state index in [0.717, 1.165) is 34.6 Å². The van der Waals surface area contributed by atoms with Gasteiger partial charge in [-0.1, -0.05) is 83.8 Å². The van der Waals surface area contributed by atoms with Crippen molar-refractivity contribution in [2.24, 2.45) is 21.7 Å². The van der Waals surface area contributed by atoms with E-state index in [1.807, 2.05) is 24.3 Å². The Kier molecular flexibility index (Phi) is 8.65. The van der Waals surface area contributed by atoms with Crippen LogP contribution in [0.15, 0.2) is 57.5 Å². The van der Waals surface area contributed by atoms with Crippen LogP contribution < -0.4 is 0 Å². The first-order valence-electron chi connectivity index (χ1n) is 15.2. The number of rotatable bonds is 2. The minimum absolute atomic E-state index is 0.0421.